The second-order valence-electron chi connectivity index (χ2n) is 4.05. The van der Waals surface area contributed by atoms with Gasteiger partial charge >= 0.3 is 6.09 Å². The zero-order chi connectivity index (χ0) is 14.8. The SMILES string of the molecule is CCCCOc1ccc(NC(=O)O/N=C(/Cl)CC)cc1. The highest BCUT2D eigenvalue weighted by molar-refractivity contribution is 6.65. The summed E-state index contributed by atoms with van der Waals surface area (Å²) in [5.74, 6) is 0.768. The van der Waals surface area contributed by atoms with Gasteiger partial charge in [0.1, 0.15) is 10.9 Å². The lowest BCUT2D eigenvalue weighted by Gasteiger charge is -2.07. The first-order valence-corrected chi connectivity index (χ1v) is 6.96. The van der Waals surface area contributed by atoms with E-state index in [2.05, 4.69) is 22.2 Å². The number of hydrogen-bond acceptors (Lipinski definition) is 4. The van der Waals surface area contributed by atoms with Gasteiger partial charge < -0.3 is 4.74 Å². The molecule has 1 aromatic rings. The molecule has 0 spiro atoms. The van der Waals surface area contributed by atoms with Crippen LogP contribution in [0.4, 0.5) is 10.5 Å². The smallest absolute Gasteiger partial charge is 0.437 e. The number of unbranched alkanes of at least 4 members (excludes halogenated alkanes) is 1. The van der Waals surface area contributed by atoms with Crippen LogP contribution in [0.3, 0.4) is 0 Å². The van der Waals surface area contributed by atoms with Gasteiger partial charge in [-0.25, -0.2) is 4.79 Å². The van der Waals surface area contributed by atoms with Crippen LogP contribution < -0.4 is 10.1 Å². The molecule has 0 bridgehead atoms. The highest BCUT2D eigenvalue weighted by Crippen LogP contribution is 2.16. The molecule has 20 heavy (non-hydrogen) atoms. The van der Waals surface area contributed by atoms with Gasteiger partial charge in [-0.15, -0.1) is 0 Å². The molecule has 1 N–H and O–H groups in total. The molecule has 5 nitrogen and oxygen atoms in total. The summed E-state index contributed by atoms with van der Waals surface area (Å²) in [7, 11) is 0. The second-order valence-corrected chi connectivity index (χ2v) is 4.49. The van der Waals surface area contributed by atoms with Gasteiger partial charge in [-0.2, -0.15) is 0 Å². The third kappa shape index (κ3) is 6.43. The Morgan fingerprint density at radius 2 is 2.00 bits per heavy atom. The summed E-state index contributed by atoms with van der Waals surface area (Å²) in [5, 5.41) is 6.22. The summed E-state index contributed by atoms with van der Waals surface area (Å²) in [4.78, 5) is 16.0. The third-order valence-electron chi connectivity index (χ3n) is 2.39. The van der Waals surface area contributed by atoms with Gasteiger partial charge in [0.2, 0.25) is 0 Å². The summed E-state index contributed by atoms with van der Waals surface area (Å²) in [6.45, 7) is 4.61. The maximum atomic E-state index is 11.4. The van der Waals surface area contributed by atoms with Crippen molar-refractivity contribution in [3.05, 3.63) is 24.3 Å². The van der Waals surface area contributed by atoms with Crippen molar-refractivity contribution in [2.45, 2.75) is 33.1 Å². The van der Waals surface area contributed by atoms with Crippen molar-refractivity contribution in [2.24, 2.45) is 5.16 Å². The Morgan fingerprint density at radius 1 is 1.30 bits per heavy atom. The van der Waals surface area contributed by atoms with Crippen LogP contribution in [0, 0.1) is 0 Å². The topological polar surface area (TPSA) is 59.9 Å². The number of amides is 1. The van der Waals surface area contributed by atoms with Crippen LogP contribution >= 0.6 is 11.6 Å². The fourth-order valence-corrected chi connectivity index (χ4v) is 1.30. The Labute approximate surface area is 123 Å². The Kier molecular flexibility index (Phi) is 7.50. The van der Waals surface area contributed by atoms with Gasteiger partial charge in [-0.05, 0) is 30.7 Å². The van der Waals surface area contributed by atoms with Crippen LogP contribution in [0.5, 0.6) is 5.75 Å². The van der Waals surface area contributed by atoms with E-state index in [-0.39, 0.29) is 5.17 Å². The number of hydrogen-bond donors (Lipinski definition) is 1. The van der Waals surface area contributed by atoms with Crippen LogP contribution in [0.1, 0.15) is 33.1 Å². The minimum atomic E-state index is -0.684. The molecular weight excluding hydrogens is 280 g/mol. The number of carbonyl (C=O) groups is 1. The number of oxime groups is 1. The lowest BCUT2D eigenvalue weighted by Crippen LogP contribution is -2.11. The third-order valence-corrected chi connectivity index (χ3v) is 2.72. The second kappa shape index (κ2) is 9.20. The Morgan fingerprint density at radius 3 is 2.60 bits per heavy atom. The lowest BCUT2D eigenvalue weighted by atomic mass is 10.3. The molecule has 1 rings (SSSR count). The fraction of sp³-hybridized carbons (Fsp3) is 0.429. The number of anilines is 1. The first-order chi connectivity index (χ1) is 9.65. The molecule has 0 heterocycles. The number of nitrogens with one attached hydrogen (secondary N) is 1. The number of rotatable bonds is 7. The van der Waals surface area contributed by atoms with Crippen LogP contribution in [-0.2, 0) is 4.84 Å². The number of benzene rings is 1. The minimum absolute atomic E-state index is 0.236. The number of halogens is 1. The van der Waals surface area contributed by atoms with Crippen molar-refractivity contribution in [1.29, 1.82) is 0 Å². The average Bonchev–Trinajstić information content (AvgIpc) is 2.47. The van der Waals surface area contributed by atoms with Crippen molar-refractivity contribution < 1.29 is 14.4 Å². The first kappa shape index (κ1) is 16.3. The van der Waals surface area contributed by atoms with Crippen molar-refractivity contribution in [3.63, 3.8) is 0 Å². The Bertz CT molecular complexity index is 446. The summed E-state index contributed by atoms with van der Waals surface area (Å²) in [6, 6.07) is 7.03. The highest BCUT2D eigenvalue weighted by Gasteiger charge is 2.03. The lowest BCUT2D eigenvalue weighted by molar-refractivity contribution is 0.166. The van der Waals surface area contributed by atoms with Gasteiger partial charge in [-0.3, -0.25) is 10.2 Å². The van der Waals surface area contributed by atoms with Crippen molar-refractivity contribution in [3.8, 4) is 5.75 Å². The van der Waals surface area contributed by atoms with Crippen molar-refractivity contribution >= 4 is 28.6 Å². The maximum Gasteiger partial charge on any atom is 0.437 e. The molecule has 1 aromatic carbocycles. The molecule has 6 heteroatoms. The van der Waals surface area contributed by atoms with E-state index in [1.165, 1.54) is 0 Å². The normalized spacial score (nSPS) is 11.1. The molecule has 110 valence electrons. The molecule has 0 unspecified atom stereocenters. The van der Waals surface area contributed by atoms with Crippen LogP contribution in [0.15, 0.2) is 29.4 Å². The average molecular weight is 299 g/mol. The van der Waals surface area contributed by atoms with Crippen LogP contribution in [0.2, 0.25) is 0 Å². The molecule has 0 aliphatic rings. The monoisotopic (exact) mass is 298 g/mol. The number of nitrogens with zero attached hydrogens (tertiary/aromatic N) is 1. The summed E-state index contributed by atoms with van der Waals surface area (Å²) >= 11 is 5.62. The van der Waals surface area contributed by atoms with E-state index in [0.717, 1.165) is 18.6 Å². The van der Waals surface area contributed by atoms with E-state index in [1.54, 1.807) is 24.3 Å². The zero-order valence-corrected chi connectivity index (χ0v) is 12.4. The minimum Gasteiger partial charge on any atom is -0.494 e. The largest absolute Gasteiger partial charge is 0.494 e. The quantitative estimate of drug-likeness (QED) is 0.352. The van der Waals surface area contributed by atoms with Gasteiger partial charge in [-0.1, -0.05) is 37.0 Å². The predicted molar refractivity (Wildman–Crippen MR) is 80.5 cm³/mol. The summed E-state index contributed by atoms with van der Waals surface area (Å²) < 4.78 is 5.52. The van der Waals surface area contributed by atoms with Crippen molar-refractivity contribution in [1.82, 2.24) is 0 Å². The molecule has 0 aliphatic carbocycles. The van der Waals surface area contributed by atoms with E-state index >= 15 is 0 Å². The number of carbonyl (C=O) groups excluding carboxylic acids is 1. The Balaban J connectivity index is 2.42. The fourth-order valence-electron chi connectivity index (χ4n) is 1.27. The molecular formula is C14H19ClN2O3. The Hall–Kier alpha value is -1.75. The highest BCUT2D eigenvalue weighted by atomic mass is 35.5. The maximum absolute atomic E-state index is 11.4. The summed E-state index contributed by atoms with van der Waals surface area (Å²) in [5.41, 5.74) is 0.598. The van der Waals surface area contributed by atoms with Gasteiger partial charge in [0.15, 0.2) is 0 Å². The van der Waals surface area contributed by atoms with Gasteiger partial charge in [0, 0.05) is 12.1 Å². The molecule has 0 aromatic heterocycles. The number of ether oxygens (including phenoxy) is 1. The first-order valence-electron chi connectivity index (χ1n) is 6.59. The van der Waals surface area contributed by atoms with Crippen LogP contribution in [0.25, 0.3) is 0 Å². The van der Waals surface area contributed by atoms with E-state index in [1.807, 2.05) is 6.92 Å². The van der Waals surface area contributed by atoms with Gasteiger partial charge in [0.25, 0.3) is 0 Å². The van der Waals surface area contributed by atoms with Gasteiger partial charge in [0.05, 0.1) is 6.61 Å². The molecule has 0 atom stereocenters. The zero-order valence-electron chi connectivity index (χ0n) is 11.7. The summed E-state index contributed by atoms with van der Waals surface area (Å²) in [6.07, 6.45) is 1.93. The molecule has 0 radical (unpaired) electrons. The molecule has 0 aliphatic heterocycles. The van der Waals surface area contributed by atoms with E-state index in [4.69, 9.17) is 16.3 Å². The molecule has 0 saturated carbocycles. The van der Waals surface area contributed by atoms with E-state index < -0.39 is 6.09 Å². The van der Waals surface area contributed by atoms with E-state index in [9.17, 15) is 4.79 Å². The molecule has 0 saturated heterocycles. The molecule has 0 fully saturated rings. The van der Waals surface area contributed by atoms with E-state index in [0.29, 0.717) is 18.7 Å². The standard InChI is InChI=1S/C14H19ClN2O3/c1-3-5-10-19-12-8-6-11(7-9-12)16-14(18)20-17-13(15)4-2/h6-9H,3-5,10H2,1-2H3,(H,16,18)/b17-13+. The van der Waals surface area contributed by atoms with Crippen molar-refractivity contribution in [2.75, 3.05) is 11.9 Å². The molecule has 1 amide bonds. The van der Waals surface area contributed by atoms with Crippen LogP contribution in [-0.4, -0.2) is 17.9 Å². The predicted octanol–water partition coefficient (Wildman–Crippen LogP) is 4.38.